The molecule has 1 rings (SSSR count). The molecule has 4 nitrogen and oxygen atoms in total. The fourth-order valence-corrected chi connectivity index (χ4v) is 1.85. The smallest absolute Gasteiger partial charge is 0.316 e. The normalized spacial score (nSPS) is 10.2. The van der Waals surface area contributed by atoms with Crippen LogP contribution >= 0.6 is 0 Å². The number of carbonyl (C=O) groups excluding carboxylic acids is 1. The van der Waals surface area contributed by atoms with Gasteiger partial charge in [0.15, 0.2) is 0 Å². The van der Waals surface area contributed by atoms with Gasteiger partial charge in [-0.05, 0) is 30.7 Å². The molecule has 0 radical (unpaired) electrons. The van der Waals surface area contributed by atoms with E-state index in [0.717, 1.165) is 18.8 Å². The fraction of sp³-hybridized carbons (Fsp3) is 0.533. The third-order valence-electron chi connectivity index (χ3n) is 2.89. The van der Waals surface area contributed by atoms with Gasteiger partial charge in [0.25, 0.3) is 0 Å². The zero-order valence-electron chi connectivity index (χ0n) is 11.7. The van der Waals surface area contributed by atoms with Gasteiger partial charge in [0.05, 0.1) is 6.61 Å². The number of unbranched alkanes of at least 4 members (excludes halogenated alkanes) is 5. The first-order valence-corrected chi connectivity index (χ1v) is 7.01. The first-order valence-electron chi connectivity index (χ1n) is 7.01. The number of ether oxygens (including phenoxy) is 1. The standard InChI is InChI=1S/C15H24N2O2/c1-2-3-4-5-6-7-12-19-14-10-8-13(9-11-14)17-15(16)18/h8-11H,2-7,12H2,1H3,(H3,16,17,18). The van der Waals surface area contributed by atoms with Crippen molar-refractivity contribution in [3.63, 3.8) is 0 Å². The second kappa shape index (κ2) is 9.25. The Kier molecular flexibility index (Phi) is 7.47. The summed E-state index contributed by atoms with van der Waals surface area (Å²) in [4.78, 5) is 10.7. The van der Waals surface area contributed by atoms with Gasteiger partial charge in [-0.2, -0.15) is 0 Å². The van der Waals surface area contributed by atoms with Gasteiger partial charge in [-0.25, -0.2) is 4.79 Å². The maximum Gasteiger partial charge on any atom is 0.316 e. The van der Waals surface area contributed by atoms with Crippen molar-refractivity contribution in [2.24, 2.45) is 5.73 Å². The molecule has 0 aromatic heterocycles. The van der Waals surface area contributed by atoms with Crippen LogP contribution in [0.1, 0.15) is 45.4 Å². The number of hydrogen-bond donors (Lipinski definition) is 2. The van der Waals surface area contributed by atoms with Crippen LogP contribution in [0, 0.1) is 0 Å². The molecular weight excluding hydrogens is 240 g/mol. The third-order valence-corrected chi connectivity index (χ3v) is 2.89. The lowest BCUT2D eigenvalue weighted by atomic mass is 10.1. The number of urea groups is 1. The number of rotatable bonds is 9. The van der Waals surface area contributed by atoms with Crippen LogP contribution in [0.15, 0.2) is 24.3 Å². The van der Waals surface area contributed by atoms with Crippen molar-refractivity contribution in [2.45, 2.75) is 45.4 Å². The molecule has 0 saturated carbocycles. The number of hydrogen-bond acceptors (Lipinski definition) is 2. The zero-order valence-corrected chi connectivity index (χ0v) is 11.7. The van der Waals surface area contributed by atoms with Crippen molar-refractivity contribution in [2.75, 3.05) is 11.9 Å². The highest BCUT2D eigenvalue weighted by molar-refractivity contribution is 5.87. The molecule has 3 N–H and O–H groups in total. The molecule has 4 heteroatoms. The average Bonchev–Trinajstić information content (AvgIpc) is 2.39. The van der Waals surface area contributed by atoms with Gasteiger partial charge in [0.2, 0.25) is 0 Å². The largest absolute Gasteiger partial charge is 0.494 e. The minimum Gasteiger partial charge on any atom is -0.494 e. The van der Waals surface area contributed by atoms with Crippen LogP contribution in [-0.4, -0.2) is 12.6 Å². The molecule has 0 saturated heterocycles. The monoisotopic (exact) mass is 264 g/mol. The van der Waals surface area contributed by atoms with E-state index in [1.54, 1.807) is 12.1 Å². The summed E-state index contributed by atoms with van der Waals surface area (Å²) in [6.45, 7) is 2.97. The molecular formula is C15H24N2O2. The summed E-state index contributed by atoms with van der Waals surface area (Å²) in [7, 11) is 0. The highest BCUT2D eigenvalue weighted by atomic mass is 16.5. The van der Waals surface area contributed by atoms with Gasteiger partial charge in [-0.1, -0.05) is 39.0 Å². The van der Waals surface area contributed by atoms with Crippen LogP contribution in [0.5, 0.6) is 5.75 Å². The molecule has 1 aromatic rings. The van der Waals surface area contributed by atoms with E-state index in [2.05, 4.69) is 12.2 Å². The van der Waals surface area contributed by atoms with Crippen molar-refractivity contribution in [3.8, 4) is 5.75 Å². The van der Waals surface area contributed by atoms with Crippen molar-refractivity contribution in [1.82, 2.24) is 0 Å². The van der Waals surface area contributed by atoms with Crippen LogP contribution in [0.3, 0.4) is 0 Å². The summed E-state index contributed by atoms with van der Waals surface area (Å²) in [5.74, 6) is 0.823. The molecule has 0 heterocycles. The second-order valence-corrected chi connectivity index (χ2v) is 4.63. The van der Waals surface area contributed by atoms with Crippen LogP contribution in [0.4, 0.5) is 10.5 Å². The van der Waals surface area contributed by atoms with Crippen molar-refractivity contribution in [1.29, 1.82) is 0 Å². The predicted molar refractivity (Wildman–Crippen MR) is 78.5 cm³/mol. The maximum absolute atomic E-state index is 10.7. The lowest BCUT2D eigenvalue weighted by Crippen LogP contribution is -2.19. The summed E-state index contributed by atoms with van der Waals surface area (Å²) in [5.41, 5.74) is 5.71. The van der Waals surface area contributed by atoms with E-state index in [0.29, 0.717) is 5.69 Å². The predicted octanol–water partition coefficient (Wildman–Crippen LogP) is 3.92. The molecule has 0 aliphatic heterocycles. The Bertz CT molecular complexity index is 363. The molecule has 0 spiro atoms. The number of nitrogens with two attached hydrogens (primary N) is 1. The van der Waals surface area contributed by atoms with E-state index in [1.165, 1.54) is 32.1 Å². The Morgan fingerprint density at radius 3 is 2.37 bits per heavy atom. The number of nitrogens with one attached hydrogen (secondary N) is 1. The minimum atomic E-state index is -0.555. The summed E-state index contributed by atoms with van der Waals surface area (Å²) < 4.78 is 5.63. The highest BCUT2D eigenvalue weighted by Crippen LogP contribution is 2.16. The number of amides is 2. The zero-order chi connectivity index (χ0) is 13.9. The van der Waals surface area contributed by atoms with Gasteiger partial charge >= 0.3 is 6.03 Å². The topological polar surface area (TPSA) is 64.3 Å². The summed E-state index contributed by atoms with van der Waals surface area (Å²) in [5, 5.41) is 2.51. The van der Waals surface area contributed by atoms with E-state index in [-0.39, 0.29) is 0 Å². The molecule has 0 atom stereocenters. The first kappa shape index (κ1) is 15.3. The Hall–Kier alpha value is -1.71. The number of benzene rings is 1. The molecule has 0 bridgehead atoms. The lowest BCUT2D eigenvalue weighted by Gasteiger charge is -2.07. The minimum absolute atomic E-state index is 0.555. The van der Waals surface area contributed by atoms with Gasteiger partial charge in [0.1, 0.15) is 5.75 Å². The molecule has 19 heavy (non-hydrogen) atoms. The van der Waals surface area contributed by atoms with Crippen molar-refractivity contribution < 1.29 is 9.53 Å². The quantitative estimate of drug-likeness (QED) is 0.664. The molecule has 0 aliphatic rings. The van der Waals surface area contributed by atoms with E-state index < -0.39 is 6.03 Å². The van der Waals surface area contributed by atoms with Crippen molar-refractivity contribution >= 4 is 11.7 Å². The molecule has 2 amide bonds. The summed E-state index contributed by atoms with van der Waals surface area (Å²) in [6.07, 6.45) is 7.53. The van der Waals surface area contributed by atoms with Crippen LogP contribution in [0.2, 0.25) is 0 Å². The number of carbonyl (C=O) groups is 1. The van der Waals surface area contributed by atoms with E-state index in [9.17, 15) is 4.79 Å². The fourth-order valence-electron chi connectivity index (χ4n) is 1.85. The number of anilines is 1. The third kappa shape index (κ3) is 7.34. The molecule has 106 valence electrons. The van der Waals surface area contributed by atoms with Crippen molar-refractivity contribution in [3.05, 3.63) is 24.3 Å². The van der Waals surface area contributed by atoms with Gasteiger partial charge in [-0.15, -0.1) is 0 Å². The number of primary amides is 1. The maximum atomic E-state index is 10.7. The van der Waals surface area contributed by atoms with Crippen LogP contribution in [0.25, 0.3) is 0 Å². The Labute approximate surface area is 115 Å². The van der Waals surface area contributed by atoms with Gasteiger partial charge in [0, 0.05) is 5.69 Å². The molecule has 1 aromatic carbocycles. The van der Waals surface area contributed by atoms with Gasteiger partial charge in [-0.3, -0.25) is 0 Å². The lowest BCUT2D eigenvalue weighted by molar-refractivity contribution is 0.259. The Balaban J connectivity index is 2.14. The van der Waals surface area contributed by atoms with Crippen LogP contribution in [-0.2, 0) is 0 Å². The molecule has 0 aliphatic carbocycles. The first-order chi connectivity index (χ1) is 9.22. The summed E-state index contributed by atoms with van der Waals surface area (Å²) in [6, 6.07) is 6.67. The van der Waals surface area contributed by atoms with E-state index >= 15 is 0 Å². The highest BCUT2D eigenvalue weighted by Gasteiger charge is 1.97. The Morgan fingerprint density at radius 1 is 1.11 bits per heavy atom. The molecule has 0 fully saturated rings. The SMILES string of the molecule is CCCCCCCCOc1ccc(NC(N)=O)cc1. The molecule has 0 unspecified atom stereocenters. The van der Waals surface area contributed by atoms with E-state index in [4.69, 9.17) is 10.5 Å². The average molecular weight is 264 g/mol. The Morgan fingerprint density at radius 2 is 1.74 bits per heavy atom. The van der Waals surface area contributed by atoms with Gasteiger partial charge < -0.3 is 15.8 Å². The summed E-state index contributed by atoms with van der Waals surface area (Å²) >= 11 is 0. The van der Waals surface area contributed by atoms with Crippen LogP contribution < -0.4 is 15.8 Å². The van der Waals surface area contributed by atoms with E-state index in [1.807, 2.05) is 12.1 Å². The second-order valence-electron chi connectivity index (χ2n) is 4.63.